The quantitative estimate of drug-likeness (QED) is 0.837. The minimum absolute atomic E-state index is 0.0852. The van der Waals surface area contributed by atoms with E-state index in [1.54, 1.807) is 0 Å². The molecule has 0 radical (unpaired) electrons. The van der Waals surface area contributed by atoms with Crippen LogP contribution in [0.4, 0.5) is 0 Å². The topological polar surface area (TPSA) is 57.5 Å². The number of phenolic OH excluding ortho intramolecular Hbond substituents is 1. The number of aliphatic carboxylic acids is 1. The number of carboxylic acids is 1. The fourth-order valence-electron chi connectivity index (χ4n) is 5.45. The third-order valence-electron chi connectivity index (χ3n) is 6.62. The van der Waals surface area contributed by atoms with Gasteiger partial charge in [0.2, 0.25) is 0 Å². The van der Waals surface area contributed by atoms with Gasteiger partial charge >= 0.3 is 5.97 Å². The molecule has 1 saturated carbocycles. The molecule has 3 rings (SSSR count). The van der Waals surface area contributed by atoms with Gasteiger partial charge in [-0.25, -0.2) is 0 Å². The highest BCUT2D eigenvalue weighted by molar-refractivity contribution is 5.75. The standard InChI is InChI=1S/C20H28O3/c1-12(2)13-6-8-15(21)17-14(13)7-9-16-19(17,3)10-5-11-20(16,4)18(22)23/h6,8,12,16,21H,5,7,9-11H2,1-4H3,(H,22,23). The number of carboxylic acid groups (broad SMARTS) is 1. The summed E-state index contributed by atoms with van der Waals surface area (Å²) in [6.45, 7) is 8.46. The molecule has 3 nitrogen and oxygen atoms in total. The predicted molar refractivity (Wildman–Crippen MR) is 91.0 cm³/mol. The first-order valence-electron chi connectivity index (χ1n) is 8.80. The summed E-state index contributed by atoms with van der Waals surface area (Å²) in [6, 6.07) is 3.86. The van der Waals surface area contributed by atoms with E-state index in [2.05, 4.69) is 20.8 Å². The average Bonchev–Trinajstić information content (AvgIpc) is 2.46. The van der Waals surface area contributed by atoms with Crippen LogP contribution in [0.15, 0.2) is 12.1 Å². The lowest BCUT2D eigenvalue weighted by Crippen LogP contribution is -2.52. The van der Waals surface area contributed by atoms with Crippen LogP contribution in [-0.2, 0) is 16.6 Å². The molecule has 2 N–H and O–H groups in total. The fraction of sp³-hybridized carbons (Fsp3) is 0.650. The zero-order valence-electron chi connectivity index (χ0n) is 14.6. The van der Waals surface area contributed by atoms with Gasteiger partial charge in [0.1, 0.15) is 5.75 Å². The fourth-order valence-corrected chi connectivity index (χ4v) is 5.45. The molecule has 0 heterocycles. The van der Waals surface area contributed by atoms with Crippen LogP contribution in [0.2, 0.25) is 0 Å². The van der Waals surface area contributed by atoms with Crippen molar-refractivity contribution in [2.24, 2.45) is 11.3 Å². The third-order valence-corrected chi connectivity index (χ3v) is 6.62. The van der Waals surface area contributed by atoms with Crippen LogP contribution in [0.25, 0.3) is 0 Å². The third kappa shape index (κ3) is 2.20. The van der Waals surface area contributed by atoms with Gasteiger partial charge in [0.15, 0.2) is 0 Å². The number of hydrogen-bond acceptors (Lipinski definition) is 2. The predicted octanol–water partition coefficient (Wildman–Crippen LogP) is 4.61. The summed E-state index contributed by atoms with van der Waals surface area (Å²) >= 11 is 0. The molecule has 0 amide bonds. The first-order valence-corrected chi connectivity index (χ1v) is 8.80. The minimum Gasteiger partial charge on any atom is -0.508 e. The first kappa shape index (κ1) is 16.4. The molecule has 23 heavy (non-hydrogen) atoms. The summed E-state index contributed by atoms with van der Waals surface area (Å²) in [5.74, 6) is 0.170. The summed E-state index contributed by atoms with van der Waals surface area (Å²) in [6.07, 6.45) is 4.38. The van der Waals surface area contributed by atoms with Crippen molar-refractivity contribution >= 4 is 5.97 Å². The Morgan fingerprint density at radius 1 is 1.26 bits per heavy atom. The molecule has 3 atom stereocenters. The Morgan fingerprint density at radius 2 is 1.96 bits per heavy atom. The van der Waals surface area contributed by atoms with Gasteiger partial charge in [-0.05, 0) is 61.6 Å². The molecule has 0 spiro atoms. The summed E-state index contributed by atoms with van der Waals surface area (Å²) < 4.78 is 0. The Bertz CT molecular complexity index is 649. The maximum Gasteiger partial charge on any atom is 0.309 e. The Balaban J connectivity index is 2.20. The number of aromatic hydroxyl groups is 1. The van der Waals surface area contributed by atoms with Gasteiger partial charge in [0.05, 0.1) is 5.41 Å². The molecule has 3 unspecified atom stereocenters. The van der Waals surface area contributed by atoms with E-state index in [0.29, 0.717) is 11.7 Å². The van der Waals surface area contributed by atoms with Gasteiger partial charge in [-0.2, -0.15) is 0 Å². The highest BCUT2D eigenvalue weighted by atomic mass is 16.4. The van der Waals surface area contributed by atoms with E-state index in [1.165, 1.54) is 11.1 Å². The second-order valence-corrected chi connectivity index (χ2v) is 8.27. The van der Waals surface area contributed by atoms with E-state index < -0.39 is 11.4 Å². The van der Waals surface area contributed by atoms with Crippen molar-refractivity contribution in [2.75, 3.05) is 0 Å². The molecule has 1 aromatic carbocycles. The normalized spacial score (nSPS) is 33.2. The molecule has 3 heteroatoms. The van der Waals surface area contributed by atoms with Gasteiger partial charge < -0.3 is 10.2 Å². The van der Waals surface area contributed by atoms with Crippen molar-refractivity contribution in [3.8, 4) is 5.75 Å². The van der Waals surface area contributed by atoms with Crippen molar-refractivity contribution in [3.63, 3.8) is 0 Å². The summed E-state index contributed by atoms with van der Waals surface area (Å²) in [7, 11) is 0. The Hall–Kier alpha value is -1.51. The molecule has 2 aliphatic carbocycles. The molecule has 0 aromatic heterocycles. The average molecular weight is 316 g/mol. The monoisotopic (exact) mass is 316 g/mol. The zero-order valence-corrected chi connectivity index (χ0v) is 14.6. The molecule has 1 fully saturated rings. The van der Waals surface area contributed by atoms with E-state index in [9.17, 15) is 15.0 Å². The van der Waals surface area contributed by atoms with E-state index in [-0.39, 0.29) is 11.3 Å². The highest BCUT2D eigenvalue weighted by Crippen LogP contribution is 2.59. The van der Waals surface area contributed by atoms with Crippen LogP contribution in [0.1, 0.15) is 76.0 Å². The highest BCUT2D eigenvalue weighted by Gasteiger charge is 2.56. The lowest BCUT2D eigenvalue weighted by Gasteiger charge is -2.54. The van der Waals surface area contributed by atoms with E-state index in [4.69, 9.17) is 0 Å². The van der Waals surface area contributed by atoms with Gasteiger partial charge in [-0.3, -0.25) is 4.79 Å². The lowest BCUT2D eigenvalue weighted by molar-refractivity contribution is -0.157. The van der Waals surface area contributed by atoms with Crippen molar-refractivity contribution in [1.29, 1.82) is 0 Å². The molecule has 1 aromatic rings. The van der Waals surface area contributed by atoms with Crippen LogP contribution in [-0.4, -0.2) is 16.2 Å². The molecular formula is C20H28O3. The minimum atomic E-state index is -0.690. The Labute approximate surface area is 138 Å². The molecule has 0 aliphatic heterocycles. The lowest BCUT2D eigenvalue weighted by atomic mass is 9.49. The number of hydrogen-bond donors (Lipinski definition) is 2. The van der Waals surface area contributed by atoms with Crippen LogP contribution in [0.3, 0.4) is 0 Å². The molecule has 0 saturated heterocycles. The number of carbonyl (C=O) groups is 1. The molecule has 126 valence electrons. The maximum absolute atomic E-state index is 12.0. The number of phenols is 1. The smallest absolute Gasteiger partial charge is 0.309 e. The van der Waals surface area contributed by atoms with Gasteiger partial charge in [-0.1, -0.05) is 33.3 Å². The van der Waals surface area contributed by atoms with E-state index in [0.717, 1.165) is 37.7 Å². The zero-order chi connectivity index (χ0) is 17.0. The number of fused-ring (bicyclic) bond motifs is 3. The first-order chi connectivity index (χ1) is 10.7. The molecule has 2 aliphatic rings. The Kier molecular flexibility index (Phi) is 3.74. The van der Waals surface area contributed by atoms with Gasteiger partial charge in [0, 0.05) is 11.0 Å². The van der Waals surface area contributed by atoms with Crippen LogP contribution in [0.5, 0.6) is 5.75 Å². The van der Waals surface area contributed by atoms with Crippen molar-refractivity contribution in [3.05, 3.63) is 28.8 Å². The summed E-state index contributed by atoms with van der Waals surface area (Å²) in [5.41, 5.74) is 2.68. The maximum atomic E-state index is 12.0. The molecular weight excluding hydrogens is 288 g/mol. The van der Waals surface area contributed by atoms with Gasteiger partial charge in [0.25, 0.3) is 0 Å². The van der Waals surface area contributed by atoms with Crippen LogP contribution in [0, 0.1) is 11.3 Å². The second-order valence-electron chi connectivity index (χ2n) is 8.27. The summed E-state index contributed by atoms with van der Waals surface area (Å²) in [5, 5.41) is 20.5. The number of benzene rings is 1. The molecule has 0 bridgehead atoms. The Morgan fingerprint density at radius 3 is 2.57 bits per heavy atom. The SMILES string of the molecule is CC(C)c1ccc(O)c2c1CCC1C(C)(C(=O)O)CCCC21C. The van der Waals surface area contributed by atoms with Crippen LogP contribution >= 0.6 is 0 Å². The van der Waals surface area contributed by atoms with E-state index in [1.807, 2.05) is 19.1 Å². The van der Waals surface area contributed by atoms with E-state index >= 15 is 0 Å². The second kappa shape index (κ2) is 5.25. The van der Waals surface area contributed by atoms with Crippen LogP contribution < -0.4 is 0 Å². The van der Waals surface area contributed by atoms with Crippen molar-refractivity contribution in [2.45, 2.75) is 71.1 Å². The van der Waals surface area contributed by atoms with Crippen molar-refractivity contribution in [1.82, 2.24) is 0 Å². The largest absolute Gasteiger partial charge is 0.508 e. The van der Waals surface area contributed by atoms with Crippen molar-refractivity contribution < 1.29 is 15.0 Å². The summed E-state index contributed by atoms with van der Waals surface area (Å²) in [4.78, 5) is 12.0. The van der Waals surface area contributed by atoms with Gasteiger partial charge in [-0.15, -0.1) is 0 Å². The number of rotatable bonds is 2.